The van der Waals surface area contributed by atoms with Crippen LogP contribution in [0.15, 0.2) is 48.6 Å². The third kappa shape index (κ3) is 40.3. The highest BCUT2D eigenvalue weighted by Crippen LogP contribution is 2.14. The Kier molecular flexibility index (Phi) is 39.2. The van der Waals surface area contributed by atoms with Gasteiger partial charge in [-0.25, -0.2) is 0 Å². The summed E-state index contributed by atoms with van der Waals surface area (Å²) in [5.74, 6) is -1.57. The highest BCUT2D eigenvalue weighted by Gasteiger charge is 2.27. The maximum Gasteiger partial charge on any atom is 0.267 e. The molecule has 3 atom stereocenters. The molecule has 0 bridgehead atoms. The van der Waals surface area contributed by atoms with Gasteiger partial charge in [0.05, 0.1) is 17.9 Å². The zero-order valence-electron chi connectivity index (χ0n) is 35.7. The van der Waals surface area contributed by atoms with Crippen LogP contribution in [0.2, 0.25) is 0 Å². The first kappa shape index (κ1) is 53.3. The third-order valence-corrected chi connectivity index (χ3v) is 11.1. The first-order valence-corrected chi connectivity index (χ1v) is 24.6. The number of amides is 1. The molecule has 0 fully saturated rings. The van der Waals surface area contributed by atoms with E-state index in [1.165, 1.54) is 141 Å². The van der Waals surface area contributed by atoms with E-state index in [-0.39, 0.29) is 6.42 Å². The zero-order valence-corrected chi connectivity index (χ0v) is 36.5. The molecule has 8 heteroatoms. The fourth-order valence-corrected chi connectivity index (χ4v) is 7.51. The van der Waals surface area contributed by atoms with Crippen molar-refractivity contribution < 1.29 is 28.0 Å². The molecule has 0 aliphatic heterocycles. The van der Waals surface area contributed by atoms with Gasteiger partial charge < -0.3 is 15.5 Å². The predicted octanol–water partition coefficient (Wildman–Crippen LogP) is 12.8. The van der Waals surface area contributed by atoms with Gasteiger partial charge in [-0.1, -0.05) is 197 Å². The summed E-state index contributed by atoms with van der Waals surface area (Å²) in [7, 11) is -4.46. The summed E-state index contributed by atoms with van der Waals surface area (Å²) in [5.41, 5.74) is 0. The van der Waals surface area contributed by atoms with E-state index in [1.54, 1.807) is 6.08 Å². The average molecular weight is 794 g/mol. The Morgan fingerprint density at radius 3 is 1.20 bits per heavy atom. The van der Waals surface area contributed by atoms with E-state index >= 15 is 0 Å². The first-order valence-electron chi connectivity index (χ1n) is 22.9. The van der Waals surface area contributed by atoms with Crippen molar-refractivity contribution in [3.05, 3.63) is 48.6 Å². The van der Waals surface area contributed by atoms with E-state index in [0.717, 1.165) is 51.4 Å². The SMILES string of the molecule is CCCCCCCCC/C=C/CC/C=C/CC/C=C/C(O)C(CS(=O)(=O)O)NC(=O)C(O)CCCCCCCC/C=C\CCCCCCCCCCCCC. The Morgan fingerprint density at radius 1 is 0.491 bits per heavy atom. The number of nitrogens with one attached hydrogen (secondary N) is 1. The Morgan fingerprint density at radius 2 is 0.818 bits per heavy atom. The summed E-state index contributed by atoms with van der Waals surface area (Å²) in [6.07, 6.45) is 51.7. The lowest BCUT2D eigenvalue weighted by atomic mass is 10.0. The largest absolute Gasteiger partial charge is 0.387 e. The predicted molar refractivity (Wildman–Crippen MR) is 236 cm³/mol. The molecule has 4 N–H and O–H groups in total. The zero-order chi connectivity index (χ0) is 40.5. The summed E-state index contributed by atoms with van der Waals surface area (Å²) in [5, 5.41) is 23.4. The van der Waals surface area contributed by atoms with Crippen LogP contribution in [-0.2, 0) is 14.9 Å². The maximum absolute atomic E-state index is 12.6. The van der Waals surface area contributed by atoms with E-state index in [0.29, 0.717) is 12.8 Å². The number of aliphatic hydroxyl groups is 2. The van der Waals surface area contributed by atoms with Crippen LogP contribution in [0.1, 0.15) is 219 Å². The summed E-state index contributed by atoms with van der Waals surface area (Å²) < 4.78 is 32.6. The van der Waals surface area contributed by atoms with E-state index < -0.39 is 40.0 Å². The molecule has 0 aliphatic carbocycles. The monoisotopic (exact) mass is 794 g/mol. The van der Waals surface area contributed by atoms with Gasteiger partial charge in [-0.2, -0.15) is 8.42 Å². The molecule has 0 aliphatic rings. The van der Waals surface area contributed by atoms with E-state index in [2.05, 4.69) is 55.6 Å². The van der Waals surface area contributed by atoms with Gasteiger partial charge in [0.2, 0.25) is 5.91 Å². The Balaban J connectivity index is 4.03. The van der Waals surface area contributed by atoms with Crippen molar-refractivity contribution in [1.82, 2.24) is 5.32 Å². The fraction of sp³-hybridized carbons (Fsp3) is 0.809. The Bertz CT molecular complexity index is 1070. The molecule has 1 amide bonds. The second-order valence-electron chi connectivity index (χ2n) is 15.8. The van der Waals surface area contributed by atoms with Crippen molar-refractivity contribution in [1.29, 1.82) is 0 Å². The van der Waals surface area contributed by atoms with Crippen LogP contribution in [0.5, 0.6) is 0 Å². The lowest BCUT2D eigenvalue weighted by molar-refractivity contribution is -0.130. The molecule has 0 spiro atoms. The number of carbonyl (C=O) groups excluding carboxylic acids is 1. The van der Waals surface area contributed by atoms with Crippen LogP contribution >= 0.6 is 0 Å². The Hall–Kier alpha value is -1.74. The molecule has 0 aromatic rings. The Labute approximate surface area is 340 Å². The summed E-state index contributed by atoms with van der Waals surface area (Å²) >= 11 is 0. The molecular formula is C47H87NO6S. The molecular weight excluding hydrogens is 707 g/mol. The van der Waals surface area contributed by atoms with Gasteiger partial charge in [-0.3, -0.25) is 9.35 Å². The summed E-state index contributed by atoms with van der Waals surface area (Å²) in [4.78, 5) is 12.6. The number of hydrogen-bond acceptors (Lipinski definition) is 5. The van der Waals surface area contributed by atoms with Gasteiger partial charge in [-0.05, 0) is 70.6 Å². The molecule has 0 radical (unpaired) electrons. The molecule has 7 nitrogen and oxygen atoms in total. The molecule has 55 heavy (non-hydrogen) atoms. The van der Waals surface area contributed by atoms with E-state index in [1.807, 2.05) is 0 Å². The van der Waals surface area contributed by atoms with Crippen molar-refractivity contribution in [2.75, 3.05) is 5.75 Å². The minimum Gasteiger partial charge on any atom is -0.387 e. The van der Waals surface area contributed by atoms with Gasteiger partial charge in [0, 0.05) is 0 Å². The smallest absolute Gasteiger partial charge is 0.267 e. The van der Waals surface area contributed by atoms with Gasteiger partial charge in [0.25, 0.3) is 10.1 Å². The van der Waals surface area contributed by atoms with Crippen molar-refractivity contribution >= 4 is 16.0 Å². The standard InChI is InChI=1S/C47H87NO6S/c1-3-5-7-9-11-13-15-17-19-21-22-23-24-26-28-30-32-34-36-38-40-42-46(50)47(51)48-44(43-55(52,53)54)45(49)41-39-37-35-33-31-29-27-25-20-18-16-14-12-10-8-6-4-2/h20,24-26,31,33,39,41,44-46,49-50H,3-19,21-23,27-30,32,34-38,40,42-43H2,1-2H3,(H,48,51)(H,52,53,54)/b25-20+,26-24-,33-31+,41-39+. The van der Waals surface area contributed by atoms with Crippen LogP contribution < -0.4 is 5.32 Å². The highest BCUT2D eigenvalue weighted by atomic mass is 32.2. The molecule has 322 valence electrons. The van der Waals surface area contributed by atoms with Gasteiger partial charge in [-0.15, -0.1) is 0 Å². The highest BCUT2D eigenvalue weighted by molar-refractivity contribution is 7.85. The molecule has 3 unspecified atom stereocenters. The van der Waals surface area contributed by atoms with Crippen LogP contribution in [0.3, 0.4) is 0 Å². The molecule has 0 rings (SSSR count). The normalized spacial score (nSPS) is 14.2. The minimum atomic E-state index is -4.46. The number of rotatable bonds is 41. The number of hydrogen-bond donors (Lipinski definition) is 4. The second-order valence-corrected chi connectivity index (χ2v) is 17.3. The van der Waals surface area contributed by atoms with Crippen molar-refractivity contribution in [2.45, 2.75) is 238 Å². The van der Waals surface area contributed by atoms with Crippen molar-refractivity contribution in [2.24, 2.45) is 0 Å². The van der Waals surface area contributed by atoms with E-state index in [4.69, 9.17) is 0 Å². The molecule has 0 saturated carbocycles. The van der Waals surface area contributed by atoms with Crippen LogP contribution in [-0.4, -0.2) is 53.1 Å². The molecule has 0 heterocycles. The van der Waals surface area contributed by atoms with Crippen molar-refractivity contribution in [3.8, 4) is 0 Å². The van der Waals surface area contributed by atoms with Gasteiger partial charge in [0.1, 0.15) is 6.10 Å². The molecule has 0 aromatic heterocycles. The number of unbranched alkanes of at least 4 members (excludes halogenated alkanes) is 26. The average Bonchev–Trinajstić information content (AvgIpc) is 3.15. The summed E-state index contributed by atoms with van der Waals surface area (Å²) in [6, 6.07) is -1.26. The second kappa shape index (κ2) is 40.5. The first-order chi connectivity index (χ1) is 26.7. The fourth-order valence-electron chi connectivity index (χ4n) is 6.78. The maximum atomic E-state index is 12.6. The van der Waals surface area contributed by atoms with Gasteiger partial charge >= 0.3 is 0 Å². The number of allylic oxidation sites excluding steroid dienone is 7. The lowest BCUT2D eigenvalue weighted by Gasteiger charge is -2.22. The lowest BCUT2D eigenvalue weighted by Crippen LogP contribution is -2.50. The van der Waals surface area contributed by atoms with Gasteiger partial charge in [0.15, 0.2) is 0 Å². The molecule has 0 saturated heterocycles. The van der Waals surface area contributed by atoms with Crippen LogP contribution in [0.4, 0.5) is 0 Å². The minimum absolute atomic E-state index is 0.263. The molecule has 0 aromatic carbocycles. The van der Waals surface area contributed by atoms with E-state index in [9.17, 15) is 28.0 Å². The third-order valence-electron chi connectivity index (χ3n) is 10.3. The number of carbonyl (C=O) groups is 1. The number of aliphatic hydroxyl groups excluding tert-OH is 2. The van der Waals surface area contributed by atoms with Crippen LogP contribution in [0.25, 0.3) is 0 Å². The summed E-state index contributed by atoms with van der Waals surface area (Å²) in [6.45, 7) is 4.52. The van der Waals surface area contributed by atoms with Crippen LogP contribution in [0, 0.1) is 0 Å². The quantitative estimate of drug-likeness (QED) is 0.0278. The van der Waals surface area contributed by atoms with Crippen molar-refractivity contribution in [3.63, 3.8) is 0 Å². The topological polar surface area (TPSA) is 124 Å².